The number of piperidine rings is 1. The van der Waals surface area contributed by atoms with Crippen molar-refractivity contribution in [3.8, 4) is 22.9 Å². The molecule has 0 saturated carbocycles. The van der Waals surface area contributed by atoms with E-state index in [9.17, 15) is 19.5 Å². The van der Waals surface area contributed by atoms with Crippen LogP contribution in [0.3, 0.4) is 0 Å². The highest BCUT2D eigenvalue weighted by Gasteiger charge is 2.47. The number of hydrogen-bond donors (Lipinski definition) is 2. The average molecular weight is 730 g/mol. The number of likely N-dealkylation sites (N-methyl/N-ethyl adjacent to an activating group) is 1. The van der Waals surface area contributed by atoms with Crippen molar-refractivity contribution in [3.05, 3.63) is 83.6 Å². The Kier molecular flexibility index (Phi) is 8.36. The molecule has 0 radical (unpaired) electrons. The number of carbonyl (C=O) groups excluding carboxylic acids is 3. The Bertz CT molecular complexity index is 2140. The lowest BCUT2D eigenvalue weighted by atomic mass is 9.95. The quantitative estimate of drug-likeness (QED) is 0.269. The average Bonchev–Trinajstić information content (AvgIpc) is 3.70. The zero-order chi connectivity index (χ0) is 37.1. The number of nitrogens with zero attached hydrogens (tertiary/aromatic N) is 8. The van der Waals surface area contributed by atoms with Crippen LogP contribution in [0.2, 0.25) is 0 Å². The number of phenolic OH excluding ortho intramolecular Hbond substituents is 1. The van der Waals surface area contributed by atoms with Crippen molar-refractivity contribution in [1.82, 2.24) is 29.9 Å². The van der Waals surface area contributed by atoms with Crippen LogP contribution in [0.5, 0.6) is 11.6 Å². The third-order valence-corrected chi connectivity index (χ3v) is 11.7. The van der Waals surface area contributed by atoms with Crippen LogP contribution < -0.4 is 19.9 Å². The van der Waals surface area contributed by atoms with Crippen molar-refractivity contribution in [2.24, 2.45) is 0 Å². The summed E-state index contributed by atoms with van der Waals surface area (Å²) in [6, 6.07) is 18.6. The number of aromatic hydroxyl groups is 1. The van der Waals surface area contributed by atoms with Gasteiger partial charge in [0, 0.05) is 94.8 Å². The summed E-state index contributed by atoms with van der Waals surface area (Å²) >= 11 is 0. The maximum Gasteiger partial charge on any atom is 0.255 e. The number of fused-ring (bicyclic) bond motifs is 4. The fourth-order valence-corrected chi connectivity index (χ4v) is 8.65. The van der Waals surface area contributed by atoms with Gasteiger partial charge in [0.2, 0.25) is 11.8 Å². The number of aromatic nitrogens is 3. The van der Waals surface area contributed by atoms with Gasteiger partial charge in [0.05, 0.1) is 23.5 Å². The van der Waals surface area contributed by atoms with Crippen LogP contribution in [0.1, 0.15) is 47.7 Å². The number of rotatable bonds is 7. The molecule has 0 unspecified atom stereocenters. The molecule has 0 aliphatic carbocycles. The number of imide groups is 1. The number of amides is 3. The number of likely N-dealkylation sites (tertiary alicyclic amines) is 1. The first kappa shape index (κ1) is 34.0. The van der Waals surface area contributed by atoms with Crippen LogP contribution in [0.15, 0.2) is 66.9 Å². The molecule has 3 fully saturated rings. The molecule has 54 heavy (non-hydrogen) atoms. The predicted octanol–water partition coefficient (Wildman–Crippen LogP) is 3.51. The number of piperazine rings is 1. The number of para-hydroxylation sites is 1. The van der Waals surface area contributed by atoms with Gasteiger partial charge in [0.1, 0.15) is 17.9 Å². The molecular formula is C40H43N9O5. The molecule has 3 saturated heterocycles. The van der Waals surface area contributed by atoms with E-state index < -0.39 is 6.04 Å². The standard InChI is InChI=1S/C40H43N9O5/c1-40-19-28(23-49(40)33-18-31(43-44-37(33)42-24-40)29-5-3-4-6-34(29)50)54-35-11-7-25(20-41-35)21-46-13-15-47(16-14-46)27-9-8-26-22-48(38(52)30(26)17-27)32-10-12-36(51)45(2)39(32)53/h3-9,11,17-18,20,28,32,50H,10,12-16,19,21-24H2,1-2H3,(H,42,44)/t28-,32+,40+/m1/s1. The van der Waals surface area contributed by atoms with Crippen molar-refractivity contribution in [3.63, 3.8) is 0 Å². The molecule has 7 heterocycles. The third-order valence-electron chi connectivity index (χ3n) is 11.7. The first-order valence-electron chi connectivity index (χ1n) is 18.6. The molecule has 4 aromatic rings. The summed E-state index contributed by atoms with van der Waals surface area (Å²) in [5.41, 5.74) is 5.73. The van der Waals surface area contributed by atoms with Gasteiger partial charge in [-0.05, 0) is 54.8 Å². The SMILES string of the molecule is CN1C(=O)CC[C@H](N2Cc3ccc(N4CCN(Cc5ccc(O[C@H]6CN7c8cc(-c9ccccc9O)nnc8NC[C@]7(C)C6)nc5)CC4)cc3C2=O)C1=O. The Labute approximate surface area is 313 Å². The number of benzene rings is 2. The van der Waals surface area contributed by atoms with Gasteiger partial charge in [-0.2, -0.15) is 0 Å². The number of ether oxygens (including phenoxy) is 1. The molecule has 2 aromatic carbocycles. The van der Waals surface area contributed by atoms with Crippen LogP contribution >= 0.6 is 0 Å². The number of pyridine rings is 1. The van der Waals surface area contributed by atoms with Gasteiger partial charge in [-0.1, -0.05) is 24.3 Å². The van der Waals surface area contributed by atoms with E-state index in [2.05, 4.69) is 49.3 Å². The molecule has 278 valence electrons. The largest absolute Gasteiger partial charge is 0.507 e. The summed E-state index contributed by atoms with van der Waals surface area (Å²) < 4.78 is 6.45. The Morgan fingerprint density at radius 1 is 0.981 bits per heavy atom. The van der Waals surface area contributed by atoms with E-state index >= 15 is 0 Å². The molecule has 0 bridgehead atoms. The van der Waals surface area contributed by atoms with Crippen LogP contribution in [0.25, 0.3) is 11.3 Å². The van der Waals surface area contributed by atoms with Crippen molar-refractivity contribution < 1.29 is 24.2 Å². The lowest BCUT2D eigenvalue weighted by Gasteiger charge is -2.41. The second kappa shape index (κ2) is 13.3. The fourth-order valence-electron chi connectivity index (χ4n) is 8.65. The van der Waals surface area contributed by atoms with Gasteiger partial charge in [-0.3, -0.25) is 24.2 Å². The normalized spacial score (nSPS) is 24.0. The van der Waals surface area contributed by atoms with Crippen molar-refractivity contribution in [1.29, 1.82) is 0 Å². The predicted molar refractivity (Wildman–Crippen MR) is 201 cm³/mol. The first-order valence-corrected chi connectivity index (χ1v) is 18.6. The molecule has 5 aliphatic rings. The molecule has 3 atom stereocenters. The van der Waals surface area contributed by atoms with Gasteiger partial charge in [0.25, 0.3) is 11.8 Å². The van der Waals surface area contributed by atoms with Crippen LogP contribution in [0.4, 0.5) is 17.2 Å². The molecule has 14 heteroatoms. The second-order valence-corrected chi connectivity index (χ2v) is 15.3. The highest BCUT2D eigenvalue weighted by atomic mass is 16.5. The van der Waals surface area contributed by atoms with Crippen LogP contribution in [-0.2, 0) is 22.7 Å². The maximum absolute atomic E-state index is 13.4. The number of phenols is 1. The molecular weight excluding hydrogens is 686 g/mol. The first-order chi connectivity index (χ1) is 26.1. The topological polar surface area (TPSA) is 148 Å². The highest BCUT2D eigenvalue weighted by Crippen LogP contribution is 2.43. The summed E-state index contributed by atoms with van der Waals surface area (Å²) in [5, 5.41) is 22.7. The van der Waals surface area contributed by atoms with E-state index in [1.165, 1.54) is 7.05 Å². The zero-order valence-electron chi connectivity index (χ0n) is 30.4. The van der Waals surface area contributed by atoms with Crippen molar-refractivity contribution >= 4 is 34.9 Å². The van der Waals surface area contributed by atoms with Gasteiger partial charge in [0.15, 0.2) is 5.82 Å². The lowest BCUT2D eigenvalue weighted by molar-refractivity contribution is -0.150. The van der Waals surface area contributed by atoms with Gasteiger partial charge < -0.3 is 29.9 Å². The van der Waals surface area contributed by atoms with E-state index in [0.717, 1.165) is 78.9 Å². The molecule has 14 nitrogen and oxygen atoms in total. The maximum atomic E-state index is 13.4. The van der Waals surface area contributed by atoms with Gasteiger partial charge in [-0.25, -0.2) is 4.98 Å². The smallest absolute Gasteiger partial charge is 0.255 e. The highest BCUT2D eigenvalue weighted by molar-refractivity contribution is 6.05. The molecule has 2 N–H and O–H groups in total. The minimum Gasteiger partial charge on any atom is -0.507 e. The van der Waals surface area contributed by atoms with Crippen LogP contribution in [-0.4, -0.2) is 117 Å². The van der Waals surface area contributed by atoms with E-state index in [4.69, 9.17) is 9.72 Å². The Balaban J connectivity index is 0.789. The second-order valence-electron chi connectivity index (χ2n) is 15.3. The number of carbonyl (C=O) groups is 3. The molecule has 3 amide bonds. The number of hydrogen-bond acceptors (Lipinski definition) is 12. The molecule has 2 aromatic heterocycles. The third kappa shape index (κ3) is 6.03. The number of anilines is 3. The van der Waals surface area contributed by atoms with E-state index in [-0.39, 0.29) is 41.5 Å². The Morgan fingerprint density at radius 2 is 1.81 bits per heavy atom. The van der Waals surface area contributed by atoms with Crippen molar-refractivity contribution in [2.75, 3.05) is 61.4 Å². The Hall–Kier alpha value is -5.76. The monoisotopic (exact) mass is 729 g/mol. The summed E-state index contributed by atoms with van der Waals surface area (Å²) in [7, 11) is 1.49. The summed E-state index contributed by atoms with van der Waals surface area (Å²) in [4.78, 5) is 52.7. The minimum absolute atomic E-state index is 0.0596. The van der Waals surface area contributed by atoms with E-state index in [0.29, 0.717) is 42.2 Å². The molecule has 5 aliphatic heterocycles. The minimum atomic E-state index is -0.596. The summed E-state index contributed by atoms with van der Waals surface area (Å²) in [6.07, 6.45) is 3.30. The number of nitrogens with one attached hydrogen (secondary N) is 1. The van der Waals surface area contributed by atoms with E-state index in [1.807, 2.05) is 42.6 Å². The zero-order valence-corrected chi connectivity index (χ0v) is 30.4. The molecule has 0 spiro atoms. The summed E-state index contributed by atoms with van der Waals surface area (Å²) in [6.45, 7) is 8.19. The van der Waals surface area contributed by atoms with Gasteiger partial charge in [-0.15, -0.1) is 10.2 Å². The molecule has 9 rings (SSSR count). The van der Waals surface area contributed by atoms with E-state index in [1.54, 1.807) is 17.0 Å². The van der Waals surface area contributed by atoms with Crippen LogP contribution in [0, 0.1) is 0 Å². The lowest BCUT2D eigenvalue weighted by Crippen LogP contribution is -2.53. The van der Waals surface area contributed by atoms with Gasteiger partial charge >= 0.3 is 0 Å². The summed E-state index contributed by atoms with van der Waals surface area (Å²) in [5.74, 6) is 0.864. The fraction of sp³-hybridized carbons (Fsp3) is 0.400. The Morgan fingerprint density at radius 3 is 2.61 bits per heavy atom. The van der Waals surface area contributed by atoms with Crippen molar-refractivity contribution in [2.45, 2.75) is 57.0 Å².